The maximum absolute atomic E-state index is 10.9. The quantitative estimate of drug-likeness (QED) is 0.444. The zero-order valence-corrected chi connectivity index (χ0v) is 12.5. The summed E-state index contributed by atoms with van der Waals surface area (Å²) in [5, 5.41) is 16.1. The van der Waals surface area contributed by atoms with Crippen LogP contribution in [0.1, 0.15) is 12.5 Å². The van der Waals surface area contributed by atoms with E-state index in [1.54, 1.807) is 6.21 Å². The number of aromatic nitrogens is 2. The van der Waals surface area contributed by atoms with Crippen molar-refractivity contribution in [3.8, 4) is 0 Å². The Hall–Kier alpha value is -3.22. The van der Waals surface area contributed by atoms with Crippen LogP contribution >= 0.6 is 0 Å². The van der Waals surface area contributed by atoms with Crippen molar-refractivity contribution in [3.63, 3.8) is 0 Å². The predicted molar refractivity (Wildman–Crippen MR) is 89.7 cm³/mol. The minimum absolute atomic E-state index is 0.111. The summed E-state index contributed by atoms with van der Waals surface area (Å²) in [7, 11) is 0. The highest BCUT2D eigenvalue weighted by Gasteiger charge is 2.13. The highest BCUT2D eigenvalue weighted by atomic mass is 16.6. The van der Waals surface area contributed by atoms with Gasteiger partial charge in [-0.05, 0) is 19.1 Å². The van der Waals surface area contributed by atoms with E-state index in [9.17, 15) is 10.1 Å². The molecule has 0 bridgehead atoms. The molecule has 0 saturated heterocycles. The minimum atomic E-state index is -0.492. The third-order valence-corrected chi connectivity index (χ3v) is 3.52. The molecule has 0 atom stereocenters. The first-order valence-corrected chi connectivity index (χ1v) is 7.17. The van der Waals surface area contributed by atoms with Crippen molar-refractivity contribution >= 4 is 28.6 Å². The lowest BCUT2D eigenvalue weighted by Crippen LogP contribution is -1.98. The Morgan fingerprint density at radius 1 is 1.35 bits per heavy atom. The SMILES string of the molecule is CCn1cc(/C=N\Nc2ncccc2[N+](=O)[O-])c2ccccc21. The average molecular weight is 309 g/mol. The van der Waals surface area contributed by atoms with E-state index in [0.29, 0.717) is 0 Å². The van der Waals surface area contributed by atoms with Crippen molar-refractivity contribution in [1.82, 2.24) is 9.55 Å². The zero-order chi connectivity index (χ0) is 16.2. The number of para-hydroxylation sites is 1. The number of nitro groups is 1. The maximum Gasteiger partial charge on any atom is 0.313 e. The largest absolute Gasteiger partial charge is 0.347 e. The van der Waals surface area contributed by atoms with Gasteiger partial charge in [0.25, 0.3) is 0 Å². The molecular weight excluding hydrogens is 294 g/mol. The van der Waals surface area contributed by atoms with Gasteiger partial charge in [-0.3, -0.25) is 15.5 Å². The number of hydrazone groups is 1. The molecule has 1 N–H and O–H groups in total. The Labute approximate surface area is 132 Å². The molecular formula is C16H15N5O2. The van der Waals surface area contributed by atoms with Crippen molar-refractivity contribution in [1.29, 1.82) is 0 Å². The third kappa shape index (κ3) is 2.89. The lowest BCUT2D eigenvalue weighted by Gasteiger charge is -1.99. The van der Waals surface area contributed by atoms with Gasteiger partial charge in [-0.25, -0.2) is 4.98 Å². The molecule has 116 valence electrons. The van der Waals surface area contributed by atoms with Gasteiger partial charge in [-0.2, -0.15) is 5.10 Å². The molecule has 0 unspecified atom stereocenters. The number of anilines is 1. The van der Waals surface area contributed by atoms with Crippen molar-refractivity contribution in [3.05, 3.63) is 64.5 Å². The van der Waals surface area contributed by atoms with Gasteiger partial charge < -0.3 is 4.57 Å². The topological polar surface area (TPSA) is 85.3 Å². The molecule has 3 rings (SSSR count). The third-order valence-electron chi connectivity index (χ3n) is 3.52. The lowest BCUT2D eigenvalue weighted by molar-refractivity contribution is -0.384. The standard InChI is InChI=1S/C16H15N5O2/c1-2-20-11-12(13-6-3-4-7-14(13)20)10-18-19-16-15(21(22)23)8-5-9-17-16/h3-11H,2H2,1H3,(H,17,19)/b18-10-. The van der Waals surface area contributed by atoms with Crippen LogP contribution in [0.3, 0.4) is 0 Å². The second-order valence-electron chi connectivity index (χ2n) is 4.89. The normalized spacial score (nSPS) is 11.2. The number of nitrogens with zero attached hydrogens (tertiary/aromatic N) is 4. The second kappa shape index (κ2) is 6.27. The molecule has 0 amide bonds. The summed E-state index contributed by atoms with van der Waals surface area (Å²) >= 11 is 0. The van der Waals surface area contributed by atoms with Crippen molar-refractivity contribution in [2.75, 3.05) is 5.43 Å². The van der Waals surface area contributed by atoms with Crippen LogP contribution in [-0.2, 0) is 6.54 Å². The van der Waals surface area contributed by atoms with Gasteiger partial charge in [0.2, 0.25) is 5.82 Å². The molecule has 0 aliphatic rings. The highest BCUT2D eigenvalue weighted by molar-refractivity contribution is 5.99. The van der Waals surface area contributed by atoms with E-state index >= 15 is 0 Å². The van der Waals surface area contributed by atoms with Gasteiger partial charge in [0.1, 0.15) is 0 Å². The molecule has 0 spiro atoms. The number of aryl methyl sites for hydroxylation is 1. The van der Waals surface area contributed by atoms with Crippen LogP contribution in [-0.4, -0.2) is 20.7 Å². The molecule has 1 aromatic carbocycles. The van der Waals surface area contributed by atoms with E-state index in [4.69, 9.17) is 0 Å². The molecule has 0 aliphatic heterocycles. The molecule has 7 heteroatoms. The molecule has 7 nitrogen and oxygen atoms in total. The fourth-order valence-corrected chi connectivity index (χ4v) is 2.43. The number of pyridine rings is 1. The fourth-order valence-electron chi connectivity index (χ4n) is 2.43. The Bertz CT molecular complexity index is 885. The average Bonchev–Trinajstić information content (AvgIpc) is 2.93. The Balaban J connectivity index is 1.89. The minimum Gasteiger partial charge on any atom is -0.347 e. The van der Waals surface area contributed by atoms with E-state index in [2.05, 4.69) is 27.0 Å². The molecule has 0 saturated carbocycles. The number of rotatable bonds is 5. The second-order valence-corrected chi connectivity index (χ2v) is 4.89. The highest BCUT2D eigenvalue weighted by Crippen LogP contribution is 2.21. The van der Waals surface area contributed by atoms with Crippen molar-refractivity contribution < 1.29 is 4.92 Å². The number of benzene rings is 1. The van der Waals surface area contributed by atoms with Crippen molar-refractivity contribution in [2.24, 2.45) is 5.10 Å². The maximum atomic E-state index is 10.9. The number of fused-ring (bicyclic) bond motifs is 1. The summed E-state index contributed by atoms with van der Waals surface area (Å²) in [4.78, 5) is 14.4. The molecule has 0 aliphatic carbocycles. The van der Waals surface area contributed by atoms with Gasteiger partial charge >= 0.3 is 5.69 Å². The molecule has 2 heterocycles. The van der Waals surface area contributed by atoms with E-state index in [0.717, 1.165) is 23.0 Å². The van der Waals surface area contributed by atoms with Crippen LogP contribution in [0.15, 0.2) is 53.9 Å². The van der Waals surface area contributed by atoms with E-state index in [1.165, 1.54) is 18.3 Å². The molecule has 3 aromatic rings. The summed E-state index contributed by atoms with van der Waals surface area (Å²) in [6, 6.07) is 10.9. The lowest BCUT2D eigenvalue weighted by atomic mass is 10.2. The van der Waals surface area contributed by atoms with Crippen LogP contribution in [0.5, 0.6) is 0 Å². The summed E-state index contributed by atoms with van der Waals surface area (Å²) in [5.41, 5.74) is 4.60. The first-order chi connectivity index (χ1) is 11.2. The van der Waals surface area contributed by atoms with Crippen LogP contribution in [0.4, 0.5) is 11.5 Å². The first-order valence-electron chi connectivity index (χ1n) is 7.17. The Morgan fingerprint density at radius 2 is 2.17 bits per heavy atom. The molecule has 0 fully saturated rings. The Morgan fingerprint density at radius 3 is 2.96 bits per heavy atom. The monoisotopic (exact) mass is 309 g/mol. The van der Waals surface area contributed by atoms with Gasteiger partial charge in [-0.1, -0.05) is 18.2 Å². The summed E-state index contributed by atoms with van der Waals surface area (Å²) in [5.74, 6) is 0.118. The van der Waals surface area contributed by atoms with E-state index < -0.39 is 4.92 Å². The number of nitrogens with one attached hydrogen (secondary N) is 1. The Kier molecular flexibility index (Phi) is 4.01. The summed E-state index contributed by atoms with van der Waals surface area (Å²) in [6.45, 7) is 2.93. The van der Waals surface area contributed by atoms with Gasteiger partial charge in [-0.15, -0.1) is 0 Å². The number of hydrogen-bond donors (Lipinski definition) is 1. The molecule has 0 radical (unpaired) electrons. The number of hydrogen-bond acceptors (Lipinski definition) is 5. The molecule has 23 heavy (non-hydrogen) atoms. The smallest absolute Gasteiger partial charge is 0.313 e. The van der Waals surface area contributed by atoms with Crippen LogP contribution in [0.25, 0.3) is 10.9 Å². The fraction of sp³-hybridized carbons (Fsp3) is 0.125. The summed E-state index contributed by atoms with van der Waals surface area (Å²) < 4.78 is 2.12. The van der Waals surface area contributed by atoms with Gasteiger partial charge in [0, 0.05) is 41.5 Å². The zero-order valence-electron chi connectivity index (χ0n) is 12.5. The van der Waals surface area contributed by atoms with Crippen LogP contribution in [0.2, 0.25) is 0 Å². The molecule has 2 aromatic heterocycles. The predicted octanol–water partition coefficient (Wildman–Crippen LogP) is 3.41. The van der Waals surface area contributed by atoms with Gasteiger partial charge in [0.15, 0.2) is 0 Å². The van der Waals surface area contributed by atoms with E-state index in [-0.39, 0.29) is 11.5 Å². The first kappa shape index (κ1) is 14.7. The van der Waals surface area contributed by atoms with E-state index in [1.807, 2.05) is 30.5 Å². The van der Waals surface area contributed by atoms with Crippen LogP contribution in [0, 0.1) is 10.1 Å². The van der Waals surface area contributed by atoms with Crippen LogP contribution < -0.4 is 5.43 Å². The van der Waals surface area contributed by atoms with Crippen molar-refractivity contribution in [2.45, 2.75) is 13.5 Å². The summed E-state index contributed by atoms with van der Waals surface area (Å²) in [6.07, 6.45) is 5.13. The van der Waals surface area contributed by atoms with Gasteiger partial charge in [0.05, 0.1) is 11.1 Å².